The zero-order valence-corrected chi connectivity index (χ0v) is 13.7. The zero-order valence-electron chi connectivity index (χ0n) is 13.7. The van der Waals surface area contributed by atoms with E-state index in [1.807, 2.05) is 0 Å². The van der Waals surface area contributed by atoms with Gasteiger partial charge in [0.25, 0.3) is 5.91 Å². The second kappa shape index (κ2) is 6.77. The van der Waals surface area contributed by atoms with Gasteiger partial charge >= 0.3 is 0 Å². The fourth-order valence-electron chi connectivity index (χ4n) is 3.26. The molecule has 1 amide bonds. The Morgan fingerprint density at radius 2 is 2.04 bits per heavy atom. The molecular weight excluding hydrogens is 326 g/mol. The minimum atomic E-state index is -0.597. The largest absolute Gasteiger partial charge is 0.376 e. The van der Waals surface area contributed by atoms with Gasteiger partial charge in [-0.15, -0.1) is 0 Å². The van der Waals surface area contributed by atoms with Crippen molar-refractivity contribution in [1.82, 2.24) is 20.0 Å². The summed E-state index contributed by atoms with van der Waals surface area (Å²) < 4.78 is 16.9. The van der Waals surface area contributed by atoms with E-state index in [-0.39, 0.29) is 11.7 Å². The Morgan fingerprint density at radius 1 is 1.16 bits per heavy atom. The lowest BCUT2D eigenvalue weighted by molar-refractivity contribution is -0.124. The van der Waals surface area contributed by atoms with Crippen LogP contribution >= 0.6 is 0 Å². The number of hydrogen-bond donors (Lipinski definition) is 0. The second-order valence-electron chi connectivity index (χ2n) is 6.21. The van der Waals surface area contributed by atoms with Gasteiger partial charge in [-0.2, -0.15) is 0 Å². The first-order valence-corrected chi connectivity index (χ1v) is 8.17. The van der Waals surface area contributed by atoms with Crippen LogP contribution in [0.5, 0.6) is 0 Å². The van der Waals surface area contributed by atoms with E-state index in [9.17, 15) is 4.79 Å². The Balaban J connectivity index is 1.53. The molecule has 0 aliphatic carbocycles. The third-order valence-corrected chi connectivity index (χ3v) is 4.45. The van der Waals surface area contributed by atoms with Crippen LogP contribution in [0, 0.1) is 0 Å². The fraction of sp³-hybridized carbons (Fsp3) is 0.500. The monoisotopic (exact) mass is 345 g/mol. The summed E-state index contributed by atoms with van der Waals surface area (Å²) in [4.78, 5) is 24.6. The SMILES string of the molecule is O=C(c1ccno1)N1CCOC2(COCCN(c3cncnc3)C2)C1. The van der Waals surface area contributed by atoms with Crippen molar-refractivity contribution < 1.29 is 18.8 Å². The van der Waals surface area contributed by atoms with Crippen molar-refractivity contribution in [2.24, 2.45) is 0 Å². The van der Waals surface area contributed by atoms with Crippen molar-refractivity contribution in [1.29, 1.82) is 0 Å². The first-order chi connectivity index (χ1) is 12.3. The molecule has 25 heavy (non-hydrogen) atoms. The number of carbonyl (C=O) groups is 1. The van der Waals surface area contributed by atoms with E-state index in [0.717, 1.165) is 5.69 Å². The smallest absolute Gasteiger partial charge is 0.292 e. The summed E-state index contributed by atoms with van der Waals surface area (Å²) in [7, 11) is 0. The maximum Gasteiger partial charge on any atom is 0.292 e. The minimum absolute atomic E-state index is 0.181. The maximum absolute atomic E-state index is 12.6. The average molecular weight is 345 g/mol. The van der Waals surface area contributed by atoms with Crippen LogP contribution in [0.15, 0.2) is 35.5 Å². The van der Waals surface area contributed by atoms with Gasteiger partial charge in [0, 0.05) is 19.2 Å². The van der Waals surface area contributed by atoms with Crippen LogP contribution < -0.4 is 4.90 Å². The predicted molar refractivity (Wildman–Crippen MR) is 86.2 cm³/mol. The van der Waals surface area contributed by atoms with Crippen LogP contribution in [-0.4, -0.2) is 77.5 Å². The Hall–Kier alpha value is -2.52. The molecule has 2 aliphatic heterocycles. The van der Waals surface area contributed by atoms with Crippen LogP contribution in [0.1, 0.15) is 10.6 Å². The Kier molecular flexibility index (Phi) is 4.33. The molecule has 2 fully saturated rings. The first kappa shape index (κ1) is 16.0. The highest BCUT2D eigenvalue weighted by atomic mass is 16.5. The second-order valence-corrected chi connectivity index (χ2v) is 6.21. The molecule has 2 aliphatic rings. The Bertz CT molecular complexity index is 711. The summed E-state index contributed by atoms with van der Waals surface area (Å²) in [6, 6.07) is 1.57. The molecular formula is C16H19N5O4. The van der Waals surface area contributed by atoms with E-state index < -0.39 is 5.60 Å². The molecule has 2 aromatic heterocycles. The van der Waals surface area contributed by atoms with Gasteiger partial charge in [0.1, 0.15) is 11.9 Å². The molecule has 0 N–H and O–H groups in total. The lowest BCUT2D eigenvalue weighted by atomic mass is 10.0. The molecule has 0 aromatic carbocycles. The number of hydrogen-bond acceptors (Lipinski definition) is 8. The van der Waals surface area contributed by atoms with Gasteiger partial charge in [0.2, 0.25) is 5.76 Å². The number of amides is 1. The normalized spacial score (nSPS) is 24.3. The quantitative estimate of drug-likeness (QED) is 0.763. The number of nitrogens with zero attached hydrogens (tertiary/aromatic N) is 5. The standard InChI is InChI=1S/C16H19N5O4/c22-15(14-1-2-19-25-14)21-4-6-24-16(10-21)9-20(3-5-23-11-16)13-7-17-12-18-8-13/h1-2,7-8,12H,3-6,9-11H2. The molecule has 132 valence electrons. The highest BCUT2D eigenvalue weighted by Crippen LogP contribution is 2.26. The molecule has 1 atom stereocenters. The highest BCUT2D eigenvalue weighted by Gasteiger charge is 2.42. The van der Waals surface area contributed by atoms with Crippen LogP contribution in [-0.2, 0) is 9.47 Å². The van der Waals surface area contributed by atoms with Gasteiger partial charge in [0.05, 0.1) is 57.2 Å². The molecule has 9 nitrogen and oxygen atoms in total. The van der Waals surface area contributed by atoms with Crippen molar-refractivity contribution >= 4 is 11.6 Å². The number of ether oxygens (including phenoxy) is 2. The molecule has 1 unspecified atom stereocenters. The number of carbonyl (C=O) groups excluding carboxylic acids is 1. The molecule has 9 heteroatoms. The van der Waals surface area contributed by atoms with E-state index in [2.05, 4.69) is 20.0 Å². The van der Waals surface area contributed by atoms with Gasteiger partial charge in [-0.3, -0.25) is 4.79 Å². The molecule has 0 radical (unpaired) electrons. The van der Waals surface area contributed by atoms with E-state index >= 15 is 0 Å². The lowest BCUT2D eigenvalue weighted by Gasteiger charge is -2.43. The lowest BCUT2D eigenvalue weighted by Crippen LogP contribution is -2.60. The van der Waals surface area contributed by atoms with Crippen molar-refractivity contribution in [3.63, 3.8) is 0 Å². The molecule has 0 bridgehead atoms. The topological polar surface area (TPSA) is 93.8 Å². The number of rotatable bonds is 2. The highest BCUT2D eigenvalue weighted by molar-refractivity contribution is 5.91. The van der Waals surface area contributed by atoms with Crippen LogP contribution in [0.3, 0.4) is 0 Å². The van der Waals surface area contributed by atoms with Gasteiger partial charge in [-0.1, -0.05) is 5.16 Å². The summed E-state index contributed by atoms with van der Waals surface area (Å²) in [5.74, 6) is 0.0546. The van der Waals surface area contributed by atoms with Crippen molar-refractivity contribution in [2.75, 3.05) is 50.9 Å². The number of anilines is 1. The van der Waals surface area contributed by atoms with E-state index in [1.165, 1.54) is 12.5 Å². The number of aromatic nitrogens is 3. The van der Waals surface area contributed by atoms with Crippen molar-refractivity contribution in [3.8, 4) is 0 Å². The van der Waals surface area contributed by atoms with Gasteiger partial charge in [0.15, 0.2) is 0 Å². The third kappa shape index (κ3) is 3.33. The van der Waals surface area contributed by atoms with Crippen LogP contribution in [0.4, 0.5) is 5.69 Å². The van der Waals surface area contributed by atoms with Crippen molar-refractivity contribution in [3.05, 3.63) is 36.7 Å². The summed E-state index contributed by atoms with van der Waals surface area (Å²) in [6.07, 6.45) is 6.51. The third-order valence-electron chi connectivity index (χ3n) is 4.45. The molecule has 2 aromatic rings. The van der Waals surface area contributed by atoms with E-state index in [0.29, 0.717) is 46.0 Å². The Morgan fingerprint density at radius 3 is 2.84 bits per heavy atom. The summed E-state index contributed by atoms with van der Waals surface area (Å²) in [6.45, 7) is 3.71. The number of morpholine rings is 1. The fourth-order valence-corrected chi connectivity index (χ4v) is 3.26. The molecule has 4 heterocycles. The average Bonchev–Trinajstić information content (AvgIpc) is 3.12. The predicted octanol–water partition coefficient (Wildman–Crippen LogP) is 0.213. The van der Waals surface area contributed by atoms with E-state index in [1.54, 1.807) is 23.4 Å². The Labute approximate surface area is 144 Å². The molecule has 4 rings (SSSR count). The van der Waals surface area contributed by atoms with Gasteiger partial charge < -0.3 is 23.8 Å². The zero-order chi connectivity index (χ0) is 17.1. The van der Waals surface area contributed by atoms with Crippen LogP contribution in [0.25, 0.3) is 0 Å². The molecule has 2 saturated heterocycles. The maximum atomic E-state index is 12.6. The van der Waals surface area contributed by atoms with Crippen LogP contribution in [0.2, 0.25) is 0 Å². The summed E-state index contributed by atoms with van der Waals surface area (Å²) >= 11 is 0. The summed E-state index contributed by atoms with van der Waals surface area (Å²) in [5, 5.41) is 3.61. The minimum Gasteiger partial charge on any atom is -0.376 e. The van der Waals surface area contributed by atoms with E-state index in [4.69, 9.17) is 14.0 Å². The first-order valence-electron chi connectivity index (χ1n) is 8.17. The molecule has 0 saturated carbocycles. The molecule has 1 spiro atoms. The van der Waals surface area contributed by atoms with Gasteiger partial charge in [-0.25, -0.2) is 9.97 Å². The van der Waals surface area contributed by atoms with Crippen molar-refractivity contribution in [2.45, 2.75) is 5.60 Å². The van der Waals surface area contributed by atoms with Gasteiger partial charge in [-0.05, 0) is 0 Å². The summed E-state index contributed by atoms with van der Waals surface area (Å²) in [5.41, 5.74) is 0.315.